The van der Waals surface area contributed by atoms with Crippen molar-refractivity contribution in [2.45, 2.75) is 0 Å². The molecule has 0 unspecified atom stereocenters. The first kappa shape index (κ1) is 11.2. The van der Waals surface area contributed by atoms with E-state index in [1.165, 1.54) is 17.4 Å². The van der Waals surface area contributed by atoms with Crippen molar-refractivity contribution >= 4 is 38.9 Å². The summed E-state index contributed by atoms with van der Waals surface area (Å²) in [6.07, 6.45) is 0. The third kappa shape index (κ3) is 2.28. The van der Waals surface area contributed by atoms with Gasteiger partial charge in [-0.1, -0.05) is 6.07 Å². The van der Waals surface area contributed by atoms with Gasteiger partial charge in [0.1, 0.15) is 11.5 Å². The predicted octanol–water partition coefficient (Wildman–Crippen LogP) is 3.30. The summed E-state index contributed by atoms with van der Waals surface area (Å²) in [6, 6.07) is 4.49. The Morgan fingerprint density at radius 1 is 1.50 bits per heavy atom. The zero-order chi connectivity index (χ0) is 11.5. The lowest BCUT2D eigenvalue weighted by Gasteiger charge is -2.06. The summed E-state index contributed by atoms with van der Waals surface area (Å²) in [5.41, 5.74) is 1.95. The molecule has 3 nitrogen and oxygen atoms in total. The molecule has 16 heavy (non-hydrogen) atoms. The van der Waals surface area contributed by atoms with Gasteiger partial charge in [-0.2, -0.15) is 0 Å². The number of para-hydroxylation sites is 1. The van der Waals surface area contributed by atoms with Gasteiger partial charge in [0.25, 0.3) is 5.91 Å². The van der Waals surface area contributed by atoms with Crippen molar-refractivity contribution in [1.29, 1.82) is 0 Å². The van der Waals surface area contributed by atoms with Gasteiger partial charge in [-0.15, -0.1) is 11.3 Å². The van der Waals surface area contributed by atoms with Crippen molar-refractivity contribution in [2.24, 2.45) is 0 Å². The van der Waals surface area contributed by atoms with Crippen LogP contribution in [-0.4, -0.2) is 10.9 Å². The third-order valence-electron chi connectivity index (χ3n) is 1.87. The number of anilines is 1. The van der Waals surface area contributed by atoms with Crippen LogP contribution in [-0.2, 0) is 0 Å². The van der Waals surface area contributed by atoms with E-state index in [0.717, 1.165) is 0 Å². The van der Waals surface area contributed by atoms with Gasteiger partial charge in [-0.25, -0.2) is 9.37 Å². The molecule has 0 aliphatic heterocycles. The SMILES string of the molecule is O=C(Nc1c(F)cccc1Br)c1cscn1. The molecule has 0 saturated carbocycles. The van der Waals surface area contributed by atoms with Crippen molar-refractivity contribution in [1.82, 2.24) is 4.98 Å². The van der Waals surface area contributed by atoms with E-state index in [1.807, 2.05) is 0 Å². The van der Waals surface area contributed by atoms with E-state index < -0.39 is 11.7 Å². The third-order valence-corrected chi connectivity index (χ3v) is 3.11. The molecule has 2 rings (SSSR count). The molecule has 2 aromatic rings. The lowest BCUT2D eigenvalue weighted by molar-refractivity contribution is 0.102. The Balaban J connectivity index is 2.25. The fraction of sp³-hybridized carbons (Fsp3) is 0. The zero-order valence-corrected chi connectivity index (χ0v) is 10.3. The highest BCUT2D eigenvalue weighted by atomic mass is 79.9. The monoisotopic (exact) mass is 300 g/mol. The number of amides is 1. The van der Waals surface area contributed by atoms with Crippen LogP contribution in [0.4, 0.5) is 10.1 Å². The topological polar surface area (TPSA) is 42.0 Å². The number of benzene rings is 1. The Bertz CT molecular complexity index is 495. The molecule has 6 heteroatoms. The van der Waals surface area contributed by atoms with Crippen molar-refractivity contribution in [2.75, 3.05) is 5.32 Å². The highest BCUT2D eigenvalue weighted by molar-refractivity contribution is 9.10. The largest absolute Gasteiger partial charge is 0.317 e. The number of thiazole rings is 1. The molecule has 0 saturated heterocycles. The number of nitrogens with one attached hydrogen (secondary N) is 1. The van der Waals surface area contributed by atoms with Gasteiger partial charge >= 0.3 is 0 Å². The van der Waals surface area contributed by atoms with Crippen LogP contribution in [0.15, 0.2) is 33.6 Å². The minimum Gasteiger partial charge on any atom is -0.317 e. The van der Waals surface area contributed by atoms with Crippen molar-refractivity contribution < 1.29 is 9.18 Å². The highest BCUT2D eigenvalue weighted by Crippen LogP contribution is 2.25. The summed E-state index contributed by atoms with van der Waals surface area (Å²) in [5, 5.41) is 4.07. The quantitative estimate of drug-likeness (QED) is 0.924. The van der Waals surface area contributed by atoms with Gasteiger partial charge in [0.05, 0.1) is 11.2 Å². The van der Waals surface area contributed by atoms with Crippen LogP contribution >= 0.6 is 27.3 Å². The van der Waals surface area contributed by atoms with Crippen LogP contribution in [0.3, 0.4) is 0 Å². The second-order valence-electron chi connectivity index (χ2n) is 2.92. The average molecular weight is 301 g/mol. The maximum absolute atomic E-state index is 13.4. The van der Waals surface area contributed by atoms with Gasteiger partial charge in [-0.3, -0.25) is 4.79 Å². The first-order valence-corrected chi connectivity index (χ1v) is 6.05. The van der Waals surface area contributed by atoms with E-state index in [1.54, 1.807) is 23.0 Å². The van der Waals surface area contributed by atoms with Gasteiger partial charge in [0.2, 0.25) is 0 Å². The molecule has 1 N–H and O–H groups in total. The first-order chi connectivity index (χ1) is 7.68. The van der Waals surface area contributed by atoms with E-state index in [-0.39, 0.29) is 11.4 Å². The molecule has 1 aromatic carbocycles. The van der Waals surface area contributed by atoms with Gasteiger partial charge < -0.3 is 5.32 Å². The van der Waals surface area contributed by atoms with E-state index in [4.69, 9.17) is 0 Å². The first-order valence-electron chi connectivity index (χ1n) is 4.32. The number of nitrogens with zero attached hydrogens (tertiary/aromatic N) is 1. The predicted molar refractivity (Wildman–Crippen MR) is 64.2 cm³/mol. The minimum absolute atomic E-state index is 0.125. The summed E-state index contributed by atoms with van der Waals surface area (Å²) in [5.74, 6) is -0.912. The second kappa shape index (κ2) is 4.71. The molecule has 1 heterocycles. The summed E-state index contributed by atoms with van der Waals surface area (Å²) in [6.45, 7) is 0. The lowest BCUT2D eigenvalue weighted by Crippen LogP contribution is -2.13. The van der Waals surface area contributed by atoms with Crippen LogP contribution in [0.1, 0.15) is 10.5 Å². The Morgan fingerprint density at radius 3 is 2.94 bits per heavy atom. The minimum atomic E-state index is -0.488. The van der Waals surface area contributed by atoms with Crippen LogP contribution in [0.5, 0.6) is 0 Å². The maximum Gasteiger partial charge on any atom is 0.275 e. The molecule has 1 amide bonds. The molecule has 1 aromatic heterocycles. The van der Waals surface area contributed by atoms with Crippen molar-refractivity contribution in [3.8, 4) is 0 Å². The van der Waals surface area contributed by atoms with Crippen LogP contribution < -0.4 is 5.32 Å². The van der Waals surface area contributed by atoms with Gasteiger partial charge in [-0.05, 0) is 28.1 Å². The lowest BCUT2D eigenvalue weighted by atomic mass is 10.3. The van der Waals surface area contributed by atoms with E-state index >= 15 is 0 Å². The molecule has 0 aliphatic carbocycles. The summed E-state index contributed by atoms with van der Waals surface area (Å²) < 4.78 is 13.9. The molecule has 0 atom stereocenters. The summed E-state index contributed by atoms with van der Waals surface area (Å²) in [4.78, 5) is 15.5. The number of aromatic nitrogens is 1. The van der Waals surface area contributed by atoms with E-state index in [9.17, 15) is 9.18 Å². The Labute approximate surface area is 103 Å². The molecule has 0 radical (unpaired) electrons. The molecular weight excluding hydrogens is 295 g/mol. The Kier molecular flexibility index (Phi) is 3.31. The average Bonchev–Trinajstić information content (AvgIpc) is 2.76. The normalized spacial score (nSPS) is 10.1. The molecule has 82 valence electrons. The Hall–Kier alpha value is -1.27. The van der Waals surface area contributed by atoms with Crippen molar-refractivity contribution in [3.05, 3.63) is 45.1 Å². The molecule has 0 bridgehead atoms. The smallest absolute Gasteiger partial charge is 0.275 e. The number of carbonyl (C=O) groups excluding carboxylic acids is 1. The number of hydrogen-bond acceptors (Lipinski definition) is 3. The Morgan fingerprint density at radius 2 is 2.31 bits per heavy atom. The molecule has 0 aliphatic rings. The zero-order valence-electron chi connectivity index (χ0n) is 7.91. The van der Waals surface area contributed by atoms with Crippen LogP contribution in [0.25, 0.3) is 0 Å². The fourth-order valence-electron chi connectivity index (χ4n) is 1.12. The fourth-order valence-corrected chi connectivity index (χ4v) is 2.09. The molecule has 0 spiro atoms. The highest BCUT2D eigenvalue weighted by Gasteiger charge is 2.12. The molecular formula is C10H6BrFN2OS. The number of halogens is 2. The number of hydrogen-bond donors (Lipinski definition) is 1. The van der Waals surface area contributed by atoms with E-state index in [0.29, 0.717) is 4.47 Å². The van der Waals surface area contributed by atoms with Crippen LogP contribution in [0, 0.1) is 5.82 Å². The number of rotatable bonds is 2. The van der Waals surface area contributed by atoms with Crippen molar-refractivity contribution in [3.63, 3.8) is 0 Å². The van der Waals surface area contributed by atoms with Gasteiger partial charge in [0, 0.05) is 9.85 Å². The second-order valence-corrected chi connectivity index (χ2v) is 4.50. The van der Waals surface area contributed by atoms with Crippen LogP contribution in [0.2, 0.25) is 0 Å². The molecule has 0 fully saturated rings. The summed E-state index contributed by atoms with van der Waals surface area (Å²) in [7, 11) is 0. The van der Waals surface area contributed by atoms with Gasteiger partial charge in [0.15, 0.2) is 0 Å². The standard InChI is InChI=1S/C10H6BrFN2OS/c11-6-2-1-3-7(12)9(6)14-10(15)8-4-16-5-13-8/h1-5H,(H,14,15). The summed E-state index contributed by atoms with van der Waals surface area (Å²) >= 11 is 4.48. The maximum atomic E-state index is 13.4. The van der Waals surface area contributed by atoms with E-state index in [2.05, 4.69) is 26.2 Å². The number of carbonyl (C=O) groups is 1.